The van der Waals surface area contributed by atoms with Crippen molar-refractivity contribution >= 4 is 5.91 Å². The van der Waals surface area contributed by atoms with Gasteiger partial charge in [-0.1, -0.05) is 36.2 Å². The minimum atomic E-state index is -0.0582. The second kappa shape index (κ2) is 8.21. The molecule has 1 N–H and O–H groups in total. The van der Waals surface area contributed by atoms with E-state index in [0.717, 1.165) is 43.9 Å². The molecule has 0 aliphatic carbocycles. The second-order valence-electron chi connectivity index (χ2n) is 6.78. The van der Waals surface area contributed by atoms with Gasteiger partial charge in [0.2, 0.25) is 5.91 Å². The zero-order chi connectivity index (χ0) is 17.6. The van der Waals surface area contributed by atoms with Crippen molar-refractivity contribution in [2.45, 2.75) is 52.2 Å². The lowest BCUT2D eigenvalue weighted by molar-refractivity contribution is -0.128. The van der Waals surface area contributed by atoms with E-state index < -0.39 is 0 Å². The monoisotopic (exact) mass is 338 g/mol. The summed E-state index contributed by atoms with van der Waals surface area (Å²) in [6, 6.07) is 10.3. The number of likely N-dealkylation sites (tertiary alicyclic amines) is 1. The summed E-state index contributed by atoms with van der Waals surface area (Å²) in [5, 5.41) is 3.05. The lowest BCUT2D eigenvalue weighted by Gasteiger charge is -2.34. The molecule has 1 aromatic heterocycles. The van der Waals surface area contributed by atoms with Crippen LogP contribution in [0, 0.1) is 13.8 Å². The first-order valence-electron chi connectivity index (χ1n) is 8.97. The molecular weight excluding hydrogens is 312 g/mol. The Morgan fingerprint density at radius 3 is 2.96 bits per heavy atom. The highest BCUT2D eigenvalue weighted by atomic mass is 16.2. The summed E-state index contributed by atoms with van der Waals surface area (Å²) < 4.78 is 0. The Morgan fingerprint density at radius 1 is 1.28 bits per heavy atom. The number of aromatic nitrogens is 2. The van der Waals surface area contributed by atoms with Crippen LogP contribution < -0.4 is 5.32 Å². The van der Waals surface area contributed by atoms with Gasteiger partial charge >= 0.3 is 0 Å². The molecule has 0 saturated carbocycles. The molecule has 1 fully saturated rings. The maximum Gasteiger partial charge on any atom is 0.237 e. The van der Waals surface area contributed by atoms with Crippen molar-refractivity contribution in [1.29, 1.82) is 0 Å². The summed E-state index contributed by atoms with van der Waals surface area (Å²) in [6.07, 6.45) is 4.91. The van der Waals surface area contributed by atoms with Gasteiger partial charge in [-0.25, -0.2) is 9.97 Å². The highest BCUT2D eigenvalue weighted by Crippen LogP contribution is 2.20. The average molecular weight is 338 g/mol. The molecule has 0 bridgehead atoms. The minimum Gasteiger partial charge on any atom is -0.349 e. The van der Waals surface area contributed by atoms with Gasteiger partial charge in [-0.3, -0.25) is 9.69 Å². The van der Waals surface area contributed by atoms with E-state index in [9.17, 15) is 4.79 Å². The van der Waals surface area contributed by atoms with Gasteiger partial charge in [-0.2, -0.15) is 0 Å². The molecule has 3 rings (SSSR count). The molecule has 2 heterocycles. The summed E-state index contributed by atoms with van der Waals surface area (Å²) in [4.78, 5) is 23.5. The minimum absolute atomic E-state index is 0.0582. The molecule has 0 radical (unpaired) electrons. The van der Waals surface area contributed by atoms with Crippen LogP contribution in [0.5, 0.6) is 0 Å². The molecule has 25 heavy (non-hydrogen) atoms. The van der Waals surface area contributed by atoms with E-state index in [-0.39, 0.29) is 11.9 Å². The topological polar surface area (TPSA) is 58.1 Å². The van der Waals surface area contributed by atoms with Crippen molar-refractivity contribution in [1.82, 2.24) is 20.2 Å². The number of nitrogens with one attached hydrogen (secondary N) is 1. The Hall–Kier alpha value is -2.27. The summed E-state index contributed by atoms with van der Waals surface area (Å²) >= 11 is 0. The number of nitrogens with zero attached hydrogens (tertiary/aromatic N) is 3. The maximum absolute atomic E-state index is 12.7. The highest BCUT2D eigenvalue weighted by Gasteiger charge is 2.28. The van der Waals surface area contributed by atoms with Crippen LogP contribution in [0.1, 0.15) is 41.9 Å². The molecule has 1 amide bonds. The van der Waals surface area contributed by atoms with E-state index in [1.807, 2.05) is 13.0 Å². The molecule has 1 atom stereocenters. The van der Waals surface area contributed by atoms with E-state index >= 15 is 0 Å². The molecule has 132 valence electrons. The van der Waals surface area contributed by atoms with Gasteiger partial charge < -0.3 is 5.32 Å². The number of amides is 1. The zero-order valence-corrected chi connectivity index (χ0v) is 15.0. The fraction of sp³-hybridized carbons (Fsp3) is 0.450. The smallest absolute Gasteiger partial charge is 0.237 e. The largest absolute Gasteiger partial charge is 0.349 e. The molecule has 5 heteroatoms. The van der Waals surface area contributed by atoms with Crippen LogP contribution in [-0.2, 0) is 17.9 Å². The number of carbonyl (C=O) groups is 1. The third kappa shape index (κ3) is 4.86. The first-order chi connectivity index (χ1) is 12.1. The molecule has 1 aliphatic rings. The lowest BCUT2D eigenvalue weighted by Crippen LogP contribution is -2.48. The van der Waals surface area contributed by atoms with Gasteiger partial charge in [0, 0.05) is 12.7 Å². The predicted octanol–water partition coefficient (Wildman–Crippen LogP) is 2.76. The van der Waals surface area contributed by atoms with Crippen LogP contribution in [0.2, 0.25) is 0 Å². The molecule has 1 aliphatic heterocycles. The van der Waals surface area contributed by atoms with E-state index in [1.165, 1.54) is 11.1 Å². The summed E-state index contributed by atoms with van der Waals surface area (Å²) in [5.41, 5.74) is 3.38. The number of hydrogen-bond donors (Lipinski definition) is 1. The third-order valence-corrected chi connectivity index (χ3v) is 4.66. The number of rotatable bonds is 5. The SMILES string of the molecule is Cc1cccc(CN2CCCC[C@H]2C(=O)NCc2ccnc(C)n2)c1. The number of piperidine rings is 1. The van der Waals surface area contributed by atoms with Crippen LogP contribution >= 0.6 is 0 Å². The summed E-state index contributed by atoms with van der Waals surface area (Å²) in [7, 11) is 0. The molecule has 1 saturated heterocycles. The lowest BCUT2D eigenvalue weighted by atomic mass is 10.00. The molecular formula is C20H26N4O. The highest BCUT2D eigenvalue weighted by molar-refractivity contribution is 5.81. The van der Waals surface area contributed by atoms with Crippen molar-refractivity contribution in [3.63, 3.8) is 0 Å². The predicted molar refractivity (Wildman–Crippen MR) is 97.8 cm³/mol. The number of hydrogen-bond acceptors (Lipinski definition) is 4. The van der Waals surface area contributed by atoms with Crippen molar-refractivity contribution < 1.29 is 4.79 Å². The molecule has 2 aromatic rings. The fourth-order valence-corrected chi connectivity index (χ4v) is 3.42. The average Bonchev–Trinajstić information content (AvgIpc) is 2.60. The van der Waals surface area contributed by atoms with Crippen LogP contribution in [0.3, 0.4) is 0 Å². The van der Waals surface area contributed by atoms with Crippen molar-refractivity contribution in [3.8, 4) is 0 Å². The third-order valence-electron chi connectivity index (χ3n) is 4.66. The Labute approximate surface area is 149 Å². The Balaban J connectivity index is 1.62. The second-order valence-corrected chi connectivity index (χ2v) is 6.78. The number of aryl methyl sites for hydroxylation is 2. The van der Waals surface area contributed by atoms with E-state index in [4.69, 9.17) is 0 Å². The van der Waals surface area contributed by atoms with Crippen LogP contribution in [0.4, 0.5) is 0 Å². The van der Waals surface area contributed by atoms with Gasteiger partial charge in [0.1, 0.15) is 5.82 Å². The van der Waals surface area contributed by atoms with Crippen molar-refractivity contribution in [2.24, 2.45) is 0 Å². The van der Waals surface area contributed by atoms with E-state index in [0.29, 0.717) is 6.54 Å². The van der Waals surface area contributed by atoms with E-state index in [2.05, 4.69) is 51.4 Å². The molecule has 1 aromatic carbocycles. The summed E-state index contributed by atoms with van der Waals surface area (Å²) in [5.74, 6) is 0.828. The standard InChI is InChI=1S/C20H26N4O/c1-15-6-5-7-17(12-15)14-24-11-4-3-8-19(24)20(25)22-13-18-9-10-21-16(2)23-18/h5-7,9-10,12,19H,3-4,8,11,13-14H2,1-2H3,(H,22,25)/t19-/m0/s1. The van der Waals surface area contributed by atoms with Gasteiger partial charge in [-0.05, 0) is 44.9 Å². The van der Waals surface area contributed by atoms with Gasteiger partial charge in [-0.15, -0.1) is 0 Å². The maximum atomic E-state index is 12.7. The van der Waals surface area contributed by atoms with Crippen LogP contribution in [0.25, 0.3) is 0 Å². The number of carbonyl (C=O) groups excluding carboxylic acids is 1. The van der Waals surface area contributed by atoms with Crippen LogP contribution in [-0.4, -0.2) is 33.4 Å². The van der Waals surface area contributed by atoms with Gasteiger partial charge in [0.05, 0.1) is 18.3 Å². The fourth-order valence-electron chi connectivity index (χ4n) is 3.42. The van der Waals surface area contributed by atoms with Gasteiger partial charge in [0.15, 0.2) is 0 Å². The summed E-state index contributed by atoms with van der Waals surface area (Å²) in [6.45, 7) is 6.21. The normalized spacial score (nSPS) is 18.1. The molecule has 0 spiro atoms. The first-order valence-corrected chi connectivity index (χ1v) is 8.97. The van der Waals surface area contributed by atoms with Crippen LogP contribution in [0.15, 0.2) is 36.5 Å². The Bertz CT molecular complexity index is 731. The molecule has 5 nitrogen and oxygen atoms in total. The molecule has 0 unspecified atom stereocenters. The zero-order valence-electron chi connectivity index (χ0n) is 15.0. The Morgan fingerprint density at radius 2 is 2.16 bits per heavy atom. The number of benzene rings is 1. The quantitative estimate of drug-likeness (QED) is 0.911. The van der Waals surface area contributed by atoms with E-state index in [1.54, 1.807) is 6.20 Å². The van der Waals surface area contributed by atoms with Crippen molar-refractivity contribution in [2.75, 3.05) is 6.54 Å². The van der Waals surface area contributed by atoms with Crippen molar-refractivity contribution in [3.05, 3.63) is 59.2 Å². The first kappa shape index (κ1) is 17.5. The Kier molecular flexibility index (Phi) is 5.76. The van der Waals surface area contributed by atoms with Gasteiger partial charge in [0.25, 0.3) is 0 Å².